The second-order valence-electron chi connectivity index (χ2n) is 8.12. The van der Waals surface area contributed by atoms with E-state index in [0.717, 1.165) is 49.2 Å². The minimum atomic E-state index is -0.110. The van der Waals surface area contributed by atoms with E-state index < -0.39 is 0 Å². The van der Waals surface area contributed by atoms with Gasteiger partial charge in [-0.05, 0) is 37.3 Å². The molecule has 1 atom stereocenters. The average molecular weight is 388 g/mol. The lowest BCUT2D eigenvalue weighted by molar-refractivity contribution is 0.0622. The molecule has 1 aliphatic carbocycles. The predicted molar refractivity (Wildman–Crippen MR) is 110 cm³/mol. The molecule has 0 radical (unpaired) electrons. The molecule has 3 heterocycles. The summed E-state index contributed by atoms with van der Waals surface area (Å²) in [4.78, 5) is 24.1. The zero-order chi connectivity index (χ0) is 20.0. The van der Waals surface area contributed by atoms with E-state index in [1.165, 1.54) is 5.56 Å². The van der Waals surface area contributed by atoms with Crippen molar-refractivity contribution in [2.45, 2.75) is 31.1 Å². The molecule has 1 spiro atoms. The Hall–Kier alpha value is -3.22. The van der Waals surface area contributed by atoms with Crippen LogP contribution in [0.2, 0.25) is 0 Å². The molecule has 7 heteroatoms. The van der Waals surface area contributed by atoms with Crippen molar-refractivity contribution in [3.63, 3.8) is 0 Å². The molecule has 5 rings (SSSR count). The Balaban J connectivity index is 1.44. The van der Waals surface area contributed by atoms with Crippen molar-refractivity contribution in [2.75, 3.05) is 18.8 Å². The van der Waals surface area contributed by atoms with Crippen LogP contribution in [0.1, 0.15) is 41.0 Å². The number of hydrogen-bond donors (Lipinski definition) is 1. The molecule has 2 aromatic heterocycles. The maximum Gasteiger partial charge on any atom is 0.272 e. The van der Waals surface area contributed by atoms with Crippen LogP contribution in [0.5, 0.6) is 0 Å². The van der Waals surface area contributed by atoms with Gasteiger partial charge in [-0.25, -0.2) is 9.97 Å². The van der Waals surface area contributed by atoms with Crippen LogP contribution in [-0.2, 0) is 18.9 Å². The minimum Gasteiger partial charge on any atom is -0.368 e. The number of rotatable bonds is 2. The van der Waals surface area contributed by atoms with Gasteiger partial charge in [-0.2, -0.15) is 5.10 Å². The molecule has 3 aromatic rings. The van der Waals surface area contributed by atoms with E-state index in [-0.39, 0.29) is 11.3 Å². The first-order valence-electron chi connectivity index (χ1n) is 10.1. The highest BCUT2D eigenvalue weighted by atomic mass is 16.2. The van der Waals surface area contributed by atoms with Crippen LogP contribution in [0, 0.1) is 0 Å². The number of nitrogens with two attached hydrogens (primary N) is 1. The van der Waals surface area contributed by atoms with Crippen LogP contribution in [-0.4, -0.2) is 43.6 Å². The van der Waals surface area contributed by atoms with Crippen LogP contribution in [0.25, 0.3) is 11.3 Å². The molecule has 1 unspecified atom stereocenters. The third-order valence-electron chi connectivity index (χ3n) is 6.29. The van der Waals surface area contributed by atoms with Crippen molar-refractivity contribution in [1.82, 2.24) is 24.6 Å². The molecular formula is C22H24N6O. The van der Waals surface area contributed by atoms with Gasteiger partial charge in [0.2, 0.25) is 5.95 Å². The number of nitrogen functional groups attached to an aromatic ring is 1. The highest BCUT2D eigenvalue weighted by molar-refractivity contribution is 5.94. The number of aryl methyl sites for hydroxylation is 2. The molecule has 1 aromatic carbocycles. The molecule has 0 saturated carbocycles. The van der Waals surface area contributed by atoms with E-state index in [9.17, 15) is 4.79 Å². The Labute approximate surface area is 169 Å². The van der Waals surface area contributed by atoms with E-state index >= 15 is 0 Å². The van der Waals surface area contributed by atoms with Crippen LogP contribution < -0.4 is 5.73 Å². The predicted octanol–water partition coefficient (Wildman–Crippen LogP) is 2.58. The minimum absolute atomic E-state index is 0.0248. The summed E-state index contributed by atoms with van der Waals surface area (Å²) in [5.74, 6) is 0.337. The maximum atomic E-state index is 13.4. The molecule has 1 aliphatic heterocycles. The van der Waals surface area contributed by atoms with Crippen LogP contribution in [0.15, 0.2) is 42.6 Å². The number of aromatic nitrogens is 4. The molecule has 29 heavy (non-hydrogen) atoms. The third-order valence-corrected chi connectivity index (χ3v) is 6.29. The summed E-state index contributed by atoms with van der Waals surface area (Å²) in [6.45, 7) is 1.42. The third kappa shape index (κ3) is 2.97. The molecule has 1 amide bonds. The highest BCUT2D eigenvalue weighted by Gasteiger charge is 2.45. The first-order valence-corrected chi connectivity index (χ1v) is 10.1. The maximum absolute atomic E-state index is 13.4. The summed E-state index contributed by atoms with van der Waals surface area (Å²) < 4.78 is 1.69. The van der Waals surface area contributed by atoms with E-state index in [2.05, 4.69) is 15.1 Å². The van der Waals surface area contributed by atoms with Crippen molar-refractivity contribution < 1.29 is 4.79 Å². The fourth-order valence-corrected chi connectivity index (χ4v) is 4.84. The quantitative estimate of drug-likeness (QED) is 0.729. The molecule has 1 fully saturated rings. The van der Waals surface area contributed by atoms with Gasteiger partial charge in [-0.3, -0.25) is 9.48 Å². The SMILES string of the molecule is Cn1nc(-c2ccccc2)cc1C(=O)N1CCCC2(CCc3cnc(N)nc32)C1. The van der Waals surface area contributed by atoms with Gasteiger partial charge in [0, 0.05) is 37.3 Å². The molecule has 0 bridgehead atoms. The second-order valence-corrected chi connectivity index (χ2v) is 8.12. The van der Waals surface area contributed by atoms with Gasteiger partial charge in [-0.1, -0.05) is 30.3 Å². The largest absolute Gasteiger partial charge is 0.368 e. The summed E-state index contributed by atoms with van der Waals surface area (Å²) >= 11 is 0. The first kappa shape index (κ1) is 17.8. The van der Waals surface area contributed by atoms with E-state index in [4.69, 9.17) is 5.73 Å². The number of amides is 1. The Kier molecular flexibility index (Phi) is 4.12. The Bertz CT molecular complexity index is 1070. The van der Waals surface area contributed by atoms with Gasteiger partial charge >= 0.3 is 0 Å². The first-order chi connectivity index (χ1) is 14.1. The van der Waals surface area contributed by atoms with Gasteiger partial charge in [-0.15, -0.1) is 0 Å². The Morgan fingerprint density at radius 1 is 1.21 bits per heavy atom. The smallest absolute Gasteiger partial charge is 0.272 e. The Morgan fingerprint density at radius 3 is 2.86 bits per heavy atom. The standard InChI is InChI=1S/C22H24N6O/c1-27-18(12-17(26-27)15-6-3-2-4-7-15)20(29)28-11-5-9-22(14-28)10-8-16-13-24-21(23)25-19(16)22/h2-4,6-7,12-13H,5,8-11,14H2,1H3,(H2,23,24,25). The van der Waals surface area contributed by atoms with Crippen LogP contribution in [0.3, 0.4) is 0 Å². The molecule has 148 valence electrons. The van der Waals surface area contributed by atoms with E-state index in [0.29, 0.717) is 18.2 Å². The molecule has 7 nitrogen and oxygen atoms in total. The monoisotopic (exact) mass is 388 g/mol. The molecule has 1 saturated heterocycles. The topological polar surface area (TPSA) is 89.9 Å². The zero-order valence-electron chi connectivity index (χ0n) is 16.5. The lowest BCUT2D eigenvalue weighted by Crippen LogP contribution is -2.48. The number of anilines is 1. The van der Waals surface area contributed by atoms with Gasteiger partial charge in [0.25, 0.3) is 5.91 Å². The van der Waals surface area contributed by atoms with Crippen molar-refractivity contribution in [3.8, 4) is 11.3 Å². The normalized spacial score (nSPS) is 20.8. The van der Waals surface area contributed by atoms with E-state index in [1.54, 1.807) is 4.68 Å². The number of piperidine rings is 1. The van der Waals surface area contributed by atoms with Gasteiger partial charge in [0.1, 0.15) is 5.69 Å². The summed E-state index contributed by atoms with van der Waals surface area (Å²) in [5, 5.41) is 4.57. The number of carbonyl (C=O) groups excluding carboxylic acids is 1. The van der Waals surface area contributed by atoms with Gasteiger partial charge in [0.05, 0.1) is 11.4 Å². The number of carbonyl (C=O) groups is 1. The van der Waals surface area contributed by atoms with Crippen molar-refractivity contribution in [1.29, 1.82) is 0 Å². The summed E-state index contributed by atoms with van der Waals surface area (Å²) in [6, 6.07) is 11.8. The number of nitrogens with zero attached hydrogens (tertiary/aromatic N) is 5. The van der Waals surface area contributed by atoms with Crippen molar-refractivity contribution in [3.05, 3.63) is 59.5 Å². The molecule has 2 aliphatic rings. The average Bonchev–Trinajstić information content (AvgIpc) is 3.29. The van der Waals surface area contributed by atoms with Crippen LogP contribution in [0.4, 0.5) is 5.95 Å². The fourth-order valence-electron chi connectivity index (χ4n) is 4.84. The molecule has 2 N–H and O–H groups in total. The van der Waals surface area contributed by atoms with Crippen molar-refractivity contribution in [2.24, 2.45) is 7.05 Å². The highest BCUT2D eigenvalue weighted by Crippen LogP contribution is 2.44. The van der Waals surface area contributed by atoms with E-state index in [1.807, 2.05) is 54.5 Å². The second kappa shape index (κ2) is 6.69. The van der Waals surface area contributed by atoms with Gasteiger partial charge in [0.15, 0.2) is 0 Å². The fraction of sp³-hybridized carbons (Fsp3) is 0.364. The number of likely N-dealkylation sites (tertiary alicyclic amines) is 1. The van der Waals surface area contributed by atoms with Gasteiger partial charge < -0.3 is 10.6 Å². The molecular weight excluding hydrogens is 364 g/mol. The lowest BCUT2D eigenvalue weighted by atomic mass is 9.77. The summed E-state index contributed by atoms with van der Waals surface area (Å²) in [6.07, 6.45) is 5.77. The summed E-state index contributed by atoms with van der Waals surface area (Å²) in [7, 11) is 1.83. The number of benzene rings is 1. The Morgan fingerprint density at radius 2 is 2.03 bits per heavy atom. The van der Waals surface area contributed by atoms with Crippen LogP contribution >= 0.6 is 0 Å². The number of fused-ring (bicyclic) bond motifs is 2. The number of hydrogen-bond acceptors (Lipinski definition) is 5. The van der Waals surface area contributed by atoms with Crippen molar-refractivity contribution >= 4 is 11.9 Å². The lowest BCUT2D eigenvalue weighted by Gasteiger charge is -2.40. The summed E-state index contributed by atoms with van der Waals surface area (Å²) in [5.41, 5.74) is 10.4. The zero-order valence-corrected chi connectivity index (χ0v) is 16.5.